The van der Waals surface area contributed by atoms with Crippen molar-refractivity contribution in [1.82, 2.24) is 9.88 Å². The van der Waals surface area contributed by atoms with Crippen molar-refractivity contribution in [3.8, 4) is 0 Å². The molecule has 1 N–H and O–H groups in total. The lowest BCUT2D eigenvalue weighted by Crippen LogP contribution is -2.39. The molecule has 0 aliphatic carbocycles. The number of aliphatic carboxylic acids is 1. The highest BCUT2D eigenvalue weighted by atomic mass is 32.1. The molecule has 1 aliphatic heterocycles. The van der Waals surface area contributed by atoms with Crippen LogP contribution in [0, 0.1) is 0 Å². The van der Waals surface area contributed by atoms with Gasteiger partial charge in [0, 0.05) is 12.5 Å². The summed E-state index contributed by atoms with van der Waals surface area (Å²) >= 11 is 1.75. The van der Waals surface area contributed by atoms with Crippen LogP contribution < -0.4 is 0 Å². The lowest BCUT2D eigenvalue weighted by molar-refractivity contribution is -0.137. The van der Waals surface area contributed by atoms with Crippen LogP contribution in [-0.2, 0) is 11.3 Å². The van der Waals surface area contributed by atoms with E-state index in [2.05, 4.69) is 11.0 Å². The van der Waals surface area contributed by atoms with Crippen LogP contribution in [0.2, 0.25) is 0 Å². The van der Waals surface area contributed by atoms with Crippen LogP contribution in [0.5, 0.6) is 0 Å². The summed E-state index contributed by atoms with van der Waals surface area (Å²) in [4.78, 5) is 17.9. The molecular formula is C16H20N2O2S. The molecule has 1 aromatic heterocycles. The second-order valence-electron chi connectivity index (χ2n) is 5.63. The lowest BCUT2D eigenvalue weighted by atomic mass is 9.98. The highest BCUT2D eigenvalue weighted by Crippen LogP contribution is 2.27. The molecule has 0 spiro atoms. The first-order valence-corrected chi connectivity index (χ1v) is 8.34. The van der Waals surface area contributed by atoms with E-state index in [1.165, 1.54) is 17.5 Å². The molecule has 112 valence electrons. The molecule has 1 fully saturated rings. The summed E-state index contributed by atoms with van der Waals surface area (Å²) in [5.74, 6) is -0.694. The molecule has 1 aromatic carbocycles. The minimum atomic E-state index is -0.694. The van der Waals surface area contributed by atoms with Gasteiger partial charge < -0.3 is 5.11 Å². The fraction of sp³-hybridized carbons (Fsp3) is 0.500. The monoisotopic (exact) mass is 304 g/mol. The minimum absolute atomic E-state index is 0.265. The third-order valence-electron chi connectivity index (χ3n) is 4.12. The van der Waals surface area contributed by atoms with Gasteiger partial charge in [-0.25, -0.2) is 4.98 Å². The molecule has 5 heteroatoms. The van der Waals surface area contributed by atoms with Crippen LogP contribution in [0.3, 0.4) is 0 Å². The van der Waals surface area contributed by atoms with E-state index < -0.39 is 5.97 Å². The Bertz CT molecular complexity index is 593. The van der Waals surface area contributed by atoms with Crippen molar-refractivity contribution < 1.29 is 9.90 Å². The van der Waals surface area contributed by atoms with Gasteiger partial charge in [-0.05, 0) is 37.9 Å². The average molecular weight is 304 g/mol. The van der Waals surface area contributed by atoms with E-state index in [0.717, 1.165) is 36.5 Å². The van der Waals surface area contributed by atoms with Gasteiger partial charge in [0.1, 0.15) is 5.01 Å². The number of hydrogen-bond acceptors (Lipinski definition) is 4. The molecule has 1 unspecified atom stereocenters. The normalized spacial score (nSPS) is 19.9. The van der Waals surface area contributed by atoms with E-state index in [1.54, 1.807) is 11.3 Å². The first-order chi connectivity index (χ1) is 10.2. The number of piperidine rings is 1. The van der Waals surface area contributed by atoms with Crippen molar-refractivity contribution in [2.24, 2.45) is 0 Å². The van der Waals surface area contributed by atoms with E-state index in [1.807, 2.05) is 18.2 Å². The van der Waals surface area contributed by atoms with E-state index in [-0.39, 0.29) is 6.42 Å². The van der Waals surface area contributed by atoms with E-state index in [0.29, 0.717) is 6.04 Å². The zero-order valence-corrected chi connectivity index (χ0v) is 12.8. The van der Waals surface area contributed by atoms with Crippen LogP contribution in [-0.4, -0.2) is 33.5 Å². The standard InChI is InChI=1S/C16H20N2O2S/c19-16(20)9-8-12-5-3-4-10-18(12)11-15-17-13-6-1-2-7-14(13)21-15/h1-2,6-7,12H,3-5,8-11H2,(H,19,20). The van der Waals surface area contributed by atoms with Crippen LogP contribution in [0.25, 0.3) is 10.2 Å². The third kappa shape index (κ3) is 3.60. The Morgan fingerprint density at radius 1 is 1.38 bits per heavy atom. The Balaban J connectivity index is 1.69. The number of fused-ring (bicyclic) bond motifs is 1. The minimum Gasteiger partial charge on any atom is -0.481 e. The number of benzene rings is 1. The molecule has 4 nitrogen and oxygen atoms in total. The molecule has 0 radical (unpaired) electrons. The van der Waals surface area contributed by atoms with E-state index in [4.69, 9.17) is 10.1 Å². The van der Waals surface area contributed by atoms with Gasteiger partial charge in [-0.1, -0.05) is 18.6 Å². The SMILES string of the molecule is O=C(O)CCC1CCCCN1Cc1nc2ccccc2s1. The van der Waals surface area contributed by atoms with E-state index in [9.17, 15) is 4.79 Å². The number of likely N-dealkylation sites (tertiary alicyclic amines) is 1. The summed E-state index contributed by atoms with van der Waals surface area (Å²) in [7, 11) is 0. The maximum atomic E-state index is 10.8. The molecule has 2 aromatic rings. The quantitative estimate of drug-likeness (QED) is 0.918. The number of hydrogen-bond donors (Lipinski definition) is 1. The number of nitrogens with zero attached hydrogens (tertiary/aromatic N) is 2. The molecule has 3 rings (SSSR count). The zero-order valence-electron chi connectivity index (χ0n) is 12.0. The fourth-order valence-corrected chi connectivity index (χ4v) is 4.04. The molecular weight excluding hydrogens is 284 g/mol. The highest BCUT2D eigenvalue weighted by Gasteiger charge is 2.23. The largest absolute Gasteiger partial charge is 0.481 e. The van der Waals surface area contributed by atoms with Crippen LogP contribution >= 0.6 is 11.3 Å². The number of para-hydroxylation sites is 1. The van der Waals surface area contributed by atoms with Gasteiger partial charge in [-0.15, -0.1) is 11.3 Å². The maximum absolute atomic E-state index is 10.8. The Morgan fingerprint density at radius 3 is 3.05 bits per heavy atom. The Labute approximate surface area is 128 Å². The molecule has 1 saturated heterocycles. The Morgan fingerprint density at radius 2 is 2.24 bits per heavy atom. The molecule has 0 amide bonds. The number of carboxylic acids is 1. The summed E-state index contributed by atoms with van der Waals surface area (Å²) in [5.41, 5.74) is 1.07. The molecule has 1 atom stereocenters. The summed E-state index contributed by atoms with van der Waals surface area (Å²) in [6.45, 7) is 1.91. The summed E-state index contributed by atoms with van der Waals surface area (Å²) in [6, 6.07) is 8.60. The molecule has 0 bridgehead atoms. The first-order valence-electron chi connectivity index (χ1n) is 7.52. The van der Waals surface area contributed by atoms with Gasteiger partial charge in [0.15, 0.2) is 0 Å². The second kappa shape index (κ2) is 6.54. The predicted octanol–water partition coefficient (Wildman–Crippen LogP) is 3.52. The smallest absolute Gasteiger partial charge is 0.303 e. The topological polar surface area (TPSA) is 53.4 Å². The predicted molar refractivity (Wildman–Crippen MR) is 84.5 cm³/mol. The number of carboxylic acid groups (broad SMARTS) is 1. The van der Waals surface area contributed by atoms with Crippen LogP contribution in [0.1, 0.15) is 37.1 Å². The average Bonchev–Trinajstić information content (AvgIpc) is 2.88. The van der Waals surface area contributed by atoms with Gasteiger partial charge >= 0.3 is 5.97 Å². The van der Waals surface area contributed by atoms with Crippen molar-refractivity contribution in [3.63, 3.8) is 0 Å². The fourth-order valence-electron chi connectivity index (χ4n) is 3.05. The van der Waals surface area contributed by atoms with Crippen molar-refractivity contribution in [3.05, 3.63) is 29.3 Å². The maximum Gasteiger partial charge on any atom is 0.303 e. The first kappa shape index (κ1) is 14.5. The third-order valence-corrected chi connectivity index (χ3v) is 5.14. The van der Waals surface area contributed by atoms with E-state index >= 15 is 0 Å². The van der Waals surface area contributed by atoms with Crippen molar-refractivity contribution in [2.75, 3.05) is 6.54 Å². The molecule has 1 aliphatic rings. The van der Waals surface area contributed by atoms with Gasteiger partial charge in [0.25, 0.3) is 0 Å². The van der Waals surface area contributed by atoms with Crippen molar-refractivity contribution >= 4 is 27.5 Å². The Kier molecular flexibility index (Phi) is 4.51. The van der Waals surface area contributed by atoms with Gasteiger partial charge in [0.05, 0.1) is 16.8 Å². The molecule has 0 saturated carbocycles. The zero-order chi connectivity index (χ0) is 14.7. The van der Waals surface area contributed by atoms with Crippen molar-refractivity contribution in [2.45, 2.75) is 44.7 Å². The Hall–Kier alpha value is -1.46. The number of rotatable bonds is 5. The van der Waals surface area contributed by atoms with Gasteiger partial charge in [-0.3, -0.25) is 9.69 Å². The number of thiazole rings is 1. The van der Waals surface area contributed by atoms with Crippen molar-refractivity contribution in [1.29, 1.82) is 0 Å². The highest BCUT2D eigenvalue weighted by molar-refractivity contribution is 7.18. The summed E-state index contributed by atoms with van der Waals surface area (Å²) in [5, 5.41) is 10.0. The second-order valence-corrected chi connectivity index (χ2v) is 6.74. The number of aromatic nitrogens is 1. The van der Waals surface area contributed by atoms with Gasteiger partial charge in [-0.2, -0.15) is 0 Å². The summed E-state index contributed by atoms with van der Waals surface area (Å²) in [6.07, 6.45) is 4.54. The molecule has 21 heavy (non-hydrogen) atoms. The van der Waals surface area contributed by atoms with Crippen LogP contribution in [0.15, 0.2) is 24.3 Å². The number of carbonyl (C=O) groups is 1. The van der Waals surface area contributed by atoms with Gasteiger partial charge in [0.2, 0.25) is 0 Å². The summed E-state index contributed by atoms with van der Waals surface area (Å²) < 4.78 is 1.23. The lowest BCUT2D eigenvalue weighted by Gasteiger charge is -2.34. The van der Waals surface area contributed by atoms with Crippen LogP contribution in [0.4, 0.5) is 0 Å². The molecule has 2 heterocycles.